The highest BCUT2D eigenvalue weighted by Crippen LogP contribution is 2.12. The van der Waals surface area contributed by atoms with Crippen molar-refractivity contribution in [2.24, 2.45) is 0 Å². The SMILES string of the molecule is CCNC(=O)c1cccc(NC(=O)c2ccoc2)c1. The minimum atomic E-state index is -0.276. The standard InChI is InChI=1S/C14H14N2O3/c1-2-15-13(17)10-4-3-5-12(8-10)16-14(18)11-6-7-19-9-11/h3-9H,2H2,1H3,(H,15,17)(H,16,18). The monoisotopic (exact) mass is 258 g/mol. The molecule has 98 valence electrons. The summed E-state index contributed by atoms with van der Waals surface area (Å²) in [5, 5.41) is 5.41. The summed E-state index contributed by atoms with van der Waals surface area (Å²) in [6, 6.07) is 8.33. The van der Waals surface area contributed by atoms with Gasteiger partial charge in [-0.05, 0) is 31.2 Å². The molecule has 0 fully saturated rings. The van der Waals surface area contributed by atoms with E-state index in [-0.39, 0.29) is 11.8 Å². The van der Waals surface area contributed by atoms with E-state index in [2.05, 4.69) is 10.6 Å². The second-order valence-corrected chi connectivity index (χ2v) is 3.91. The summed E-state index contributed by atoms with van der Waals surface area (Å²) < 4.78 is 4.84. The third-order valence-corrected chi connectivity index (χ3v) is 2.50. The summed E-state index contributed by atoms with van der Waals surface area (Å²) in [5.41, 5.74) is 1.50. The lowest BCUT2D eigenvalue weighted by molar-refractivity contribution is 0.0954. The van der Waals surface area contributed by atoms with E-state index >= 15 is 0 Å². The zero-order valence-corrected chi connectivity index (χ0v) is 10.5. The first-order chi connectivity index (χ1) is 9.20. The molecule has 0 unspecified atom stereocenters. The van der Waals surface area contributed by atoms with Crippen LogP contribution in [0.4, 0.5) is 5.69 Å². The fourth-order valence-corrected chi connectivity index (χ4v) is 1.60. The lowest BCUT2D eigenvalue weighted by atomic mass is 10.2. The maximum absolute atomic E-state index is 11.8. The second kappa shape index (κ2) is 5.86. The predicted molar refractivity (Wildman–Crippen MR) is 71.1 cm³/mol. The van der Waals surface area contributed by atoms with Crippen LogP contribution in [0.5, 0.6) is 0 Å². The van der Waals surface area contributed by atoms with Crippen molar-refractivity contribution >= 4 is 17.5 Å². The van der Waals surface area contributed by atoms with Crippen LogP contribution < -0.4 is 10.6 Å². The Bertz CT molecular complexity index is 576. The molecule has 19 heavy (non-hydrogen) atoms. The van der Waals surface area contributed by atoms with Crippen molar-refractivity contribution in [1.29, 1.82) is 0 Å². The van der Waals surface area contributed by atoms with E-state index in [0.717, 1.165) is 0 Å². The van der Waals surface area contributed by atoms with Crippen LogP contribution in [0.3, 0.4) is 0 Å². The number of rotatable bonds is 4. The Morgan fingerprint density at radius 3 is 2.68 bits per heavy atom. The van der Waals surface area contributed by atoms with Crippen LogP contribution in [-0.2, 0) is 0 Å². The number of amides is 2. The molecule has 2 amide bonds. The third kappa shape index (κ3) is 3.22. The molecule has 2 rings (SSSR count). The van der Waals surface area contributed by atoms with Crippen LogP contribution in [0.15, 0.2) is 47.3 Å². The molecule has 0 aliphatic rings. The van der Waals surface area contributed by atoms with Crippen LogP contribution in [0.2, 0.25) is 0 Å². The molecule has 1 heterocycles. The lowest BCUT2D eigenvalue weighted by Crippen LogP contribution is -2.22. The first-order valence-corrected chi connectivity index (χ1v) is 5.92. The summed E-state index contributed by atoms with van der Waals surface area (Å²) in [7, 11) is 0. The topological polar surface area (TPSA) is 71.3 Å². The van der Waals surface area contributed by atoms with E-state index in [4.69, 9.17) is 4.42 Å². The van der Waals surface area contributed by atoms with Crippen molar-refractivity contribution in [3.63, 3.8) is 0 Å². The number of furan rings is 1. The average molecular weight is 258 g/mol. The lowest BCUT2D eigenvalue weighted by Gasteiger charge is -2.06. The first-order valence-electron chi connectivity index (χ1n) is 5.92. The summed E-state index contributed by atoms with van der Waals surface area (Å²) >= 11 is 0. The fourth-order valence-electron chi connectivity index (χ4n) is 1.60. The van der Waals surface area contributed by atoms with Crippen LogP contribution in [-0.4, -0.2) is 18.4 Å². The van der Waals surface area contributed by atoms with Gasteiger partial charge in [-0.25, -0.2) is 0 Å². The molecule has 0 atom stereocenters. The summed E-state index contributed by atoms with van der Waals surface area (Å²) in [5.74, 6) is -0.441. The molecule has 2 aromatic rings. The van der Waals surface area contributed by atoms with Gasteiger partial charge in [0.05, 0.1) is 11.8 Å². The van der Waals surface area contributed by atoms with E-state index in [9.17, 15) is 9.59 Å². The Balaban J connectivity index is 2.11. The van der Waals surface area contributed by atoms with Crippen molar-refractivity contribution in [3.05, 3.63) is 54.0 Å². The van der Waals surface area contributed by atoms with Gasteiger partial charge < -0.3 is 15.1 Å². The highest BCUT2D eigenvalue weighted by atomic mass is 16.3. The van der Waals surface area contributed by atoms with Crippen LogP contribution in [0.25, 0.3) is 0 Å². The Morgan fingerprint density at radius 1 is 1.16 bits per heavy atom. The Kier molecular flexibility index (Phi) is 3.97. The quantitative estimate of drug-likeness (QED) is 0.883. The molecule has 2 N–H and O–H groups in total. The number of carbonyl (C=O) groups excluding carboxylic acids is 2. The second-order valence-electron chi connectivity index (χ2n) is 3.91. The van der Waals surface area contributed by atoms with Gasteiger partial charge in [0, 0.05) is 17.8 Å². The molecule has 0 aliphatic carbocycles. The zero-order valence-electron chi connectivity index (χ0n) is 10.5. The predicted octanol–water partition coefficient (Wildman–Crippen LogP) is 2.28. The maximum atomic E-state index is 11.8. The molecule has 0 saturated heterocycles. The van der Waals surface area contributed by atoms with Gasteiger partial charge >= 0.3 is 0 Å². The van der Waals surface area contributed by atoms with Crippen molar-refractivity contribution in [1.82, 2.24) is 5.32 Å². The van der Waals surface area contributed by atoms with Gasteiger partial charge in [-0.15, -0.1) is 0 Å². The van der Waals surface area contributed by atoms with Gasteiger partial charge in [-0.3, -0.25) is 9.59 Å². The summed E-state index contributed by atoms with van der Waals surface area (Å²) in [4.78, 5) is 23.5. The Hall–Kier alpha value is -2.56. The molecular formula is C14H14N2O3. The Labute approximate surface area is 110 Å². The smallest absolute Gasteiger partial charge is 0.258 e. The average Bonchev–Trinajstić information content (AvgIpc) is 2.93. The molecule has 0 bridgehead atoms. The molecule has 0 spiro atoms. The van der Waals surface area contributed by atoms with Crippen molar-refractivity contribution in [2.75, 3.05) is 11.9 Å². The van der Waals surface area contributed by atoms with E-state index in [1.165, 1.54) is 12.5 Å². The minimum absolute atomic E-state index is 0.165. The highest BCUT2D eigenvalue weighted by molar-refractivity contribution is 6.04. The maximum Gasteiger partial charge on any atom is 0.258 e. The number of hydrogen-bond donors (Lipinski definition) is 2. The highest BCUT2D eigenvalue weighted by Gasteiger charge is 2.09. The fraction of sp³-hybridized carbons (Fsp3) is 0.143. The third-order valence-electron chi connectivity index (χ3n) is 2.50. The molecule has 0 aliphatic heterocycles. The van der Waals surface area contributed by atoms with Gasteiger partial charge in [-0.1, -0.05) is 6.07 Å². The molecular weight excluding hydrogens is 244 g/mol. The van der Waals surface area contributed by atoms with Crippen molar-refractivity contribution < 1.29 is 14.0 Å². The van der Waals surface area contributed by atoms with E-state index in [1.807, 2.05) is 6.92 Å². The van der Waals surface area contributed by atoms with Crippen molar-refractivity contribution in [2.45, 2.75) is 6.92 Å². The molecule has 5 heteroatoms. The number of benzene rings is 1. The Morgan fingerprint density at radius 2 is 2.00 bits per heavy atom. The van der Waals surface area contributed by atoms with Gasteiger partial charge in [-0.2, -0.15) is 0 Å². The van der Waals surface area contributed by atoms with Gasteiger partial charge in [0.25, 0.3) is 11.8 Å². The summed E-state index contributed by atoms with van der Waals surface area (Å²) in [6.07, 6.45) is 2.79. The van der Waals surface area contributed by atoms with Crippen LogP contribution in [0, 0.1) is 0 Å². The number of hydrogen-bond acceptors (Lipinski definition) is 3. The zero-order chi connectivity index (χ0) is 13.7. The summed E-state index contributed by atoms with van der Waals surface area (Å²) in [6.45, 7) is 2.41. The first kappa shape index (κ1) is 12.9. The largest absolute Gasteiger partial charge is 0.472 e. The van der Waals surface area contributed by atoms with Gasteiger partial charge in [0.2, 0.25) is 0 Å². The van der Waals surface area contributed by atoms with Gasteiger partial charge in [0.1, 0.15) is 6.26 Å². The van der Waals surface area contributed by atoms with Gasteiger partial charge in [0.15, 0.2) is 0 Å². The number of carbonyl (C=O) groups is 2. The van der Waals surface area contributed by atoms with E-state index in [0.29, 0.717) is 23.4 Å². The van der Waals surface area contributed by atoms with Crippen LogP contribution >= 0.6 is 0 Å². The number of nitrogens with one attached hydrogen (secondary N) is 2. The molecule has 5 nitrogen and oxygen atoms in total. The normalized spacial score (nSPS) is 9.95. The van der Waals surface area contributed by atoms with E-state index in [1.54, 1.807) is 30.3 Å². The molecule has 0 radical (unpaired) electrons. The molecule has 0 saturated carbocycles. The molecule has 1 aromatic heterocycles. The van der Waals surface area contributed by atoms with Crippen molar-refractivity contribution in [3.8, 4) is 0 Å². The molecule has 1 aromatic carbocycles. The number of anilines is 1. The van der Waals surface area contributed by atoms with E-state index < -0.39 is 0 Å². The van der Waals surface area contributed by atoms with Crippen LogP contribution in [0.1, 0.15) is 27.6 Å². The minimum Gasteiger partial charge on any atom is -0.472 e.